The second kappa shape index (κ2) is 9.10. The van der Waals surface area contributed by atoms with Crippen molar-refractivity contribution in [3.05, 3.63) is 52.0 Å². The average molecular weight is 388 g/mol. The van der Waals surface area contributed by atoms with Gasteiger partial charge < -0.3 is 10.1 Å². The number of rotatable bonds is 6. The van der Waals surface area contributed by atoms with E-state index < -0.39 is 5.97 Å². The summed E-state index contributed by atoms with van der Waals surface area (Å²) < 4.78 is 4.65. The Bertz CT molecular complexity index is 753. The minimum atomic E-state index is -0.466. The maximum absolute atomic E-state index is 12.5. The number of pyridine rings is 1. The lowest BCUT2D eigenvalue weighted by Crippen LogP contribution is -2.41. The summed E-state index contributed by atoms with van der Waals surface area (Å²) in [5.41, 5.74) is 0.618. The van der Waals surface area contributed by atoms with E-state index >= 15 is 0 Å². The van der Waals surface area contributed by atoms with Crippen LogP contribution in [0.1, 0.15) is 51.5 Å². The first-order chi connectivity index (χ1) is 13.1. The van der Waals surface area contributed by atoms with Crippen molar-refractivity contribution in [2.75, 3.05) is 26.7 Å². The molecule has 1 unspecified atom stereocenters. The molecule has 1 saturated heterocycles. The minimum Gasteiger partial charge on any atom is -0.465 e. The van der Waals surface area contributed by atoms with Crippen molar-refractivity contribution in [3.8, 4) is 0 Å². The number of likely N-dealkylation sites (tertiary alicyclic amines) is 1. The third-order valence-corrected chi connectivity index (χ3v) is 5.98. The van der Waals surface area contributed by atoms with Crippen molar-refractivity contribution >= 4 is 23.2 Å². The molecule has 3 heterocycles. The molecule has 7 heteroatoms. The number of esters is 1. The van der Waals surface area contributed by atoms with Crippen LogP contribution >= 0.6 is 11.3 Å². The largest absolute Gasteiger partial charge is 0.465 e. The quantitative estimate of drug-likeness (QED) is 0.771. The zero-order valence-corrected chi connectivity index (χ0v) is 16.5. The fourth-order valence-electron chi connectivity index (χ4n) is 3.28. The molecule has 1 amide bonds. The summed E-state index contributed by atoms with van der Waals surface area (Å²) in [6.07, 6.45) is 3.74. The lowest BCUT2D eigenvalue weighted by molar-refractivity contribution is 0.0599. The molecular formula is C20H25N3O3S. The average Bonchev–Trinajstić information content (AvgIpc) is 3.23. The highest BCUT2D eigenvalue weighted by molar-refractivity contribution is 7.10. The Morgan fingerprint density at radius 1 is 1.33 bits per heavy atom. The SMILES string of the molecule is COC(=O)c1ccc(C(=O)NCC(c2cccs2)N2CCC(C)CC2)nc1. The maximum atomic E-state index is 12.5. The third kappa shape index (κ3) is 4.93. The van der Waals surface area contributed by atoms with E-state index in [1.54, 1.807) is 23.5 Å². The van der Waals surface area contributed by atoms with Gasteiger partial charge in [-0.15, -0.1) is 11.3 Å². The number of carbonyl (C=O) groups excluding carboxylic acids is 2. The molecule has 1 aliphatic heterocycles. The number of piperidine rings is 1. The van der Waals surface area contributed by atoms with Gasteiger partial charge in [0.15, 0.2) is 0 Å². The molecule has 0 spiro atoms. The number of methoxy groups -OCH3 is 1. The number of nitrogens with zero attached hydrogens (tertiary/aromatic N) is 2. The molecule has 27 heavy (non-hydrogen) atoms. The van der Waals surface area contributed by atoms with Gasteiger partial charge in [-0.25, -0.2) is 4.79 Å². The topological polar surface area (TPSA) is 71.5 Å². The van der Waals surface area contributed by atoms with Crippen LogP contribution in [0.25, 0.3) is 0 Å². The van der Waals surface area contributed by atoms with Gasteiger partial charge in [-0.1, -0.05) is 13.0 Å². The summed E-state index contributed by atoms with van der Waals surface area (Å²) in [4.78, 5) is 31.8. The van der Waals surface area contributed by atoms with E-state index in [1.807, 2.05) is 0 Å². The van der Waals surface area contributed by atoms with Gasteiger partial charge in [0, 0.05) is 17.6 Å². The van der Waals surface area contributed by atoms with Crippen LogP contribution in [-0.4, -0.2) is 48.5 Å². The summed E-state index contributed by atoms with van der Waals surface area (Å²) in [6.45, 7) is 4.93. The molecule has 0 radical (unpaired) electrons. The van der Waals surface area contributed by atoms with E-state index in [1.165, 1.54) is 31.0 Å². The highest BCUT2D eigenvalue weighted by Gasteiger charge is 2.26. The number of thiophene rings is 1. The molecule has 2 aromatic heterocycles. The van der Waals surface area contributed by atoms with Gasteiger partial charge in [0.1, 0.15) is 5.69 Å². The lowest BCUT2D eigenvalue weighted by Gasteiger charge is -2.36. The Morgan fingerprint density at radius 2 is 2.11 bits per heavy atom. The van der Waals surface area contributed by atoms with Gasteiger partial charge in [-0.05, 0) is 55.4 Å². The first kappa shape index (κ1) is 19.5. The Hall–Kier alpha value is -2.25. The Morgan fingerprint density at radius 3 is 2.70 bits per heavy atom. The Kier molecular flexibility index (Phi) is 6.58. The zero-order chi connectivity index (χ0) is 19.2. The number of nitrogens with one attached hydrogen (secondary N) is 1. The minimum absolute atomic E-state index is 0.177. The number of carbonyl (C=O) groups is 2. The molecule has 1 fully saturated rings. The Labute approximate surface area is 163 Å². The van der Waals surface area contributed by atoms with Crippen molar-refractivity contribution < 1.29 is 14.3 Å². The third-order valence-electron chi connectivity index (χ3n) is 5.00. The zero-order valence-electron chi connectivity index (χ0n) is 15.7. The standard InChI is InChI=1S/C20H25N3O3S/c1-14-7-9-23(10-8-14)17(18-4-3-11-27-18)13-22-19(24)16-6-5-15(12-21-16)20(25)26-2/h3-6,11-12,14,17H,7-10,13H2,1-2H3,(H,22,24). The molecular weight excluding hydrogens is 362 g/mol. The first-order valence-electron chi connectivity index (χ1n) is 9.18. The second-order valence-corrected chi connectivity index (χ2v) is 7.86. The van der Waals surface area contributed by atoms with E-state index in [0.29, 0.717) is 17.8 Å². The highest BCUT2D eigenvalue weighted by Crippen LogP contribution is 2.29. The van der Waals surface area contributed by atoms with E-state index in [-0.39, 0.29) is 11.9 Å². The lowest BCUT2D eigenvalue weighted by atomic mass is 9.97. The van der Waals surface area contributed by atoms with E-state index in [0.717, 1.165) is 19.0 Å². The van der Waals surface area contributed by atoms with Crippen molar-refractivity contribution in [2.45, 2.75) is 25.8 Å². The fraction of sp³-hybridized carbons (Fsp3) is 0.450. The molecule has 0 aromatic carbocycles. The van der Waals surface area contributed by atoms with Crippen molar-refractivity contribution in [1.82, 2.24) is 15.2 Å². The summed E-state index contributed by atoms with van der Waals surface area (Å²) >= 11 is 1.72. The van der Waals surface area contributed by atoms with Gasteiger partial charge in [0.25, 0.3) is 5.91 Å². The van der Waals surface area contributed by atoms with Crippen LogP contribution in [0.4, 0.5) is 0 Å². The first-order valence-corrected chi connectivity index (χ1v) is 10.1. The van der Waals surface area contributed by atoms with E-state index in [9.17, 15) is 9.59 Å². The fourth-order valence-corrected chi connectivity index (χ4v) is 4.14. The van der Waals surface area contributed by atoms with Crippen LogP contribution in [0.2, 0.25) is 0 Å². The molecule has 0 saturated carbocycles. The summed E-state index contributed by atoms with van der Waals surface area (Å²) in [5, 5.41) is 5.08. The molecule has 2 aromatic rings. The van der Waals surface area contributed by atoms with Crippen LogP contribution in [-0.2, 0) is 4.74 Å². The van der Waals surface area contributed by atoms with Crippen LogP contribution in [0, 0.1) is 5.92 Å². The molecule has 6 nitrogen and oxygen atoms in total. The van der Waals surface area contributed by atoms with Crippen LogP contribution in [0.15, 0.2) is 35.8 Å². The number of ether oxygens (including phenoxy) is 1. The predicted octanol–water partition coefficient (Wildman–Crippen LogP) is 3.13. The molecule has 1 N–H and O–H groups in total. The van der Waals surface area contributed by atoms with Gasteiger partial charge in [0.2, 0.25) is 0 Å². The van der Waals surface area contributed by atoms with Crippen LogP contribution in [0.3, 0.4) is 0 Å². The van der Waals surface area contributed by atoms with Gasteiger partial charge >= 0.3 is 5.97 Å². The van der Waals surface area contributed by atoms with Crippen LogP contribution < -0.4 is 5.32 Å². The highest BCUT2D eigenvalue weighted by atomic mass is 32.1. The number of amides is 1. The summed E-state index contributed by atoms with van der Waals surface area (Å²) in [5.74, 6) is 0.0576. The molecule has 0 aliphatic carbocycles. The van der Waals surface area contributed by atoms with Crippen LogP contribution in [0.5, 0.6) is 0 Å². The molecule has 1 atom stereocenters. The van der Waals surface area contributed by atoms with Crippen molar-refractivity contribution in [1.29, 1.82) is 0 Å². The monoisotopic (exact) mass is 387 g/mol. The number of hydrogen-bond donors (Lipinski definition) is 1. The second-order valence-electron chi connectivity index (χ2n) is 6.88. The number of aromatic nitrogens is 1. The normalized spacial score (nSPS) is 16.7. The number of hydrogen-bond acceptors (Lipinski definition) is 6. The Balaban J connectivity index is 1.64. The van der Waals surface area contributed by atoms with E-state index in [4.69, 9.17) is 0 Å². The van der Waals surface area contributed by atoms with Gasteiger partial charge in [-0.2, -0.15) is 0 Å². The molecule has 3 rings (SSSR count). The molecule has 1 aliphatic rings. The smallest absolute Gasteiger partial charge is 0.339 e. The summed E-state index contributed by atoms with van der Waals surface area (Å²) in [6, 6.07) is 7.45. The summed E-state index contributed by atoms with van der Waals surface area (Å²) in [7, 11) is 1.31. The van der Waals surface area contributed by atoms with Gasteiger partial charge in [-0.3, -0.25) is 14.7 Å². The van der Waals surface area contributed by atoms with Gasteiger partial charge in [0.05, 0.1) is 18.7 Å². The maximum Gasteiger partial charge on any atom is 0.339 e. The predicted molar refractivity (Wildman–Crippen MR) is 105 cm³/mol. The van der Waals surface area contributed by atoms with E-state index in [2.05, 4.69) is 44.4 Å². The van der Waals surface area contributed by atoms with Crippen molar-refractivity contribution in [2.24, 2.45) is 5.92 Å². The molecule has 0 bridgehead atoms. The molecule has 144 valence electrons. The van der Waals surface area contributed by atoms with Crippen molar-refractivity contribution in [3.63, 3.8) is 0 Å².